The standard InChI is InChI=1S/C19H18N2/c1-2-6-17(7-3-1)18-11-9-16(10-12-18)14-20-15-19-8-4-5-13-21-19/h1-13,20H,14-15H2. The first-order chi connectivity index (χ1) is 10.4. The minimum absolute atomic E-state index is 0.793. The van der Waals surface area contributed by atoms with Crippen LogP contribution in [0.25, 0.3) is 11.1 Å². The van der Waals surface area contributed by atoms with Gasteiger partial charge in [0.2, 0.25) is 0 Å². The van der Waals surface area contributed by atoms with Gasteiger partial charge in [-0.3, -0.25) is 4.98 Å². The molecule has 2 heteroatoms. The molecular formula is C19H18N2. The topological polar surface area (TPSA) is 24.9 Å². The van der Waals surface area contributed by atoms with E-state index in [-0.39, 0.29) is 0 Å². The molecule has 0 spiro atoms. The molecule has 0 saturated carbocycles. The molecule has 3 aromatic rings. The summed E-state index contributed by atoms with van der Waals surface area (Å²) in [6.45, 7) is 1.65. The summed E-state index contributed by atoms with van der Waals surface area (Å²) in [5.41, 5.74) is 4.86. The fraction of sp³-hybridized carbons (Fsp3) is 0.105. The molecule has 2 nitrogen and oxygen atoms in total. The monoisotopic (exact) mass is 274 g/mol. The Hall–Kier alpha value is -2.45. The van der Waals surface area contributed by atoms with E-state index in [1.54, 1.807) is 0 Å². The molecule has 0 aliphatic carbocycles. The zero-order valence-corrected chi connectivity index (χ0v) is 11.9. The molecule has 1 N–H and O–H groups in total. The Kier molecular flexibility index (Phi) is 4.39. The van der Waals surface area contributed by atoms with E-state index < -0.39 is 0 Å². The number of rotatable bonds is 5. The van der Waals surface area contributed by atoms with Crippen molar-refractivity contribution in [1.29, 1.82) is 0 Å². The maximum Gasteiger partial charge on any atom is 0.0541 e. The van der Waals surface area contributed by atoms with Crippen molar-refractivity contribution in [3.8, 4) is 11.1 Å². The maximum absolute atomic E-state index is 4.30. The van der Waals surface area contributed by atoms with Gasteiger partial charge in [0, 0.05) is 19.3 Å². The zero-order valence-electron chi connectivity index (χ0n) is 11.9. The predicted molar refractivity (Wildman–Crippen MR) is 86.7 cm³/mol. The first-order valence-corrected chi connectivity index (χ1v) is 7.17. The van der Waals surface area contributed by atoms with Crippen molar-refractivity contribution in [3.05, 3.63) is 90.3 Å². The normalized spacial score (nSPS) is 10.5. The third-order valence-electron chi connectivity index (χ3n) is 3.42. The van der Waals surface area contributed by atoms with E-state index in [1.165, 1.54) is 16.7 Å². The van der Waals surface area contributed by atoms with Crippen molar-refractivity contribution in [3.63, 3.8) is 0 Å². The summed E-state index contributed by atoms with van der Waals surface area (Å²) in [6, 6.07) is 25.1. The van der Waals surface area contributed by atoms with Gasteiger partial charge in [-0.1, -0.05) is 60.7 Å². The Morgan fingerprint density at radius 3 is 2.10 bits per heavy atom. The van der Waals surface area contributed by atoms with Crippen LogP contribution in [-0.4, -0.2) is 4.98 Å². The molecule has 3 rings (SSSR count). The molecule has 1 aromatic heterocycles. The van der Waals surface area contributed by atoms with Crippen LogP contribution in [0.5, 0.6) is 0 Å². The lowest BCUT2D eigenvalue weighted by Gasteiger charge is -2.06. The SMILES string of the molecule is c1ccc(-c2ccc(CNCc3ccccn3)cc2)cc1. The van der Waals surface area contributed by atoms with E-state index >= 15 is 0 Å². The van der Waals surface area contributed by atoms with Gasteiger partial charge in [-0.15, -0.1) is 0 Å². The van der Waals surface area contributed by atoms with Crippen LogP contribution in [0.1, 0.15) is 11.3 Å². The Morgan fingerprint density at radius 1 is 0.667 bits per heavy atom. The summed E-state index contributed by atoms with van der Waals surface area (Å²) in [4.78, 5) is 4.30. The number of nitrogens with zero attached hydrogens (tertiary/aromatic N) is 1. The molecule has 0 atom stereocenters. The van der Waals surface area contributed by atoms with Gasteiger partial charge in [-0.25, -0.2) is 0 Å². The highest BCUT2D eigenvalue weighted by atomic mass is 14.9. The first kappa shape index (κ1) is 13.5. The van der Waals surface area contributed by atoms with Crippen LogP contribution in [0, 0.1) is 0 Å². The van der Waals surface area contributed by atoms with Gasteiger partial charge in [0.15, 0.2) is 0 Å². The van der Waals surface area contributed by atoms with Crippen LogP contribution in [0.2, 0.25) is 0 Å². The van der Waals surface area contributed by atoms with Crippen LogP contribution in [0.4, 0.5) is 0 Å². The number of aromatic nitrogens is 1. The molecule has 0 bridgehead atoms. The molecule has 0 radical (unpaired) electrons. The van der Waals surface area contributed by atoms with Gasteiger partial charge >= 0.3 is 0 Å². The quantitative estimate of drug-likeness (QED) is 0.759. The summed E-state index contributed by atoms with van der Waals surface area (Å²) < 4.78 is 0. The van der Waals surface area contributed by atoms with Gasteiger partial charge < -0.3 is 5.32 Å². The average Bonchev–Trinajstić information content (AvgIpc) is 2.57. The van der Waals surface area contributed by atoms with Crippen LogP contribution >= 0.6 is 0 Å². The molecular weight excluding hydrogens is 256 g/mol. The van der Waals surface area contributed by atoms with Gasteiger partial charge in [0.05, 0.1) is 5.69 Å². The van der Waals surface area contributed by atoms with E-state index in [0.717, 1.165) is 18.8 Å². The second kappa shape index (κ2) is 6.82. The molecule has 21 heavy (non-hydrogen) atoms. The number of hydrogen-bond acceptors (Lipinski definition) is 2. The number of hydrogen-bond donors (Lipinski definition) is 1. The van der Waals surface area contributed by atoms with Crippen molar-refractivity contribution in [2.45, 2.75) is 13.1 Å². The van der Waals surface area contributed by atoms with E-state index in [2.05, 4.69) is 58.8 Å². The molecule has 0 fully saturated rings. The second-order valence-corrected chi connectivity index (χ2v) is 4.99. The average molecular weight is 274 g/mol. The Labute approximate surface area is 125 Å². The molecule has 104 valence electrons. The number of pyridine rings is 1. The number of nitrogens with one attached hydrogen (secondary N) is 1. The summed E-state index contributed by atoms with van der Waals surface area (Å²) in [5.74, 6) is 0. The molecule has 1 heterocycles. The van der Waals surface area contributed by atoms with E-state index in [9.17, 15) is 0 Å². The molecule has 0 unspecified atom stereocenters. The third-order valence-corrected chi connectivity index (χ3v) is 3.42. The van der Waals surface area contributed by atoms with E-state index in [1.807, 2.05) is 30.5 Å². The minimum atomic E-state index is 0.793. The highest BCUT2D eigenvalue weighted by molar-refractivity contribution is 5.63. The lowest BCUT2D eigenvalue weighted by atomic mass is 10.0. The van der Waals surface area contributed by atoms with Gasteiger partial charge in [-0.2, -0.15) is 0 Å². The van der Waals surface area contributed by atoms with Crippen LogP contribution in [-0.2, 0) is 13.1 Å². The highest BCUT2D eigenvalue weighted by Crippen LogP contribution is 2.19. The molecule has 0 aliphatic rings. The van der Waals surface area contributed by atoms with Gasteiger partial charge in [0.1, 0.15) is 0 Å². The molecule has 0 saturated heterocycles. The Morgan fingerprint density at radius 2 is 1.38 bits per heavy atom. The maximum atomic E-state index is 4.30. The van der Waals surface area contributed by atoms with Crippen molar-refractivity contribution >= 4 is 0 Å². The summed E-state index contributed by atoms with van der Waals surface area (Å²) in [6.07, 6.45) is 1.83. The highest BCUT2D eigenvalue weighted by Gasteiger charge is 1.98. The van der Waals surface area contributed by atoms with E-state index in [4.69, 9.17) is 0 Å². The largest absolute Gasteiger partial charge is 0.307 e. The first-order valence-electron chi connectivity index (χ1n) is 7.17. The number of benzene rings is 2. The van der Waals surface area contributed by atoms with Crippen LogP contribution in [0.3, 0.4) is 0 Å². The molecule has 0 aliphatic heterocycles. The second-order valence-electron chi connectivity index (χ2n) is 4.99. The fourth-order valence-electron chi connectivity index (χ4n) is 2.28. The summed E-state index contributed by atoms with van der Waals surface area (Å²) >= 11 is 0. The zero-order chi connectivity index (χ0) is 14.3. The van der Waals surface area contributed by atoms with Crippen molar-refractivity contribution < 1.29 is 0 Å². The van der Waals surface area contributed by atoms with Gasteiger partial charge in [0.25, 0.3) is 0 Å². The lowest BCUT2D eigenvalue weighted by molar-refractivity contribution is 0.680. The third kappa shape index (κ3) is 3.77. The summed E-state index contributed by atoms with van der Waals surface area (Å²) in [7, 11) is 0. The van der Waals surface area contributed by atoms with Crippen LogP contribution in [0.15, 0.2) is 79.0 Å². The van der Waals surface area contributed by atoms with Crippen LogP contribution < -0.4 is 5.32 Å². The van der Waals surface area contributed by atoms with E-state index in [0.29, 0.717) is 0 Å². The smallest absolute Gasteiger partial charge is 0.0541 e. The minimum Gasteiger partial charge on any atom is -0.307 e. The van der Waals surface area contributed by atoms with Gasteiger partial charge in [-0.05, 0) is 28.8 Å². The lowest BCUT2D eigenvalue weighted by Crippen LogP contribution is -2.13. The van der Waals surface area contributed by atoms with Crippen molar-refractivity contribution in [1.82, 2.24) is 10.3 Å². The fourth-order valence-corrected chi connectivity index (χ4v) is 2.28. The predicted octanol–water partition coefficient (Wildman–Crippen LogP) is 4.04. The Balaban J connectivity index is 1.58. The Bertz CT molecular complexity index is 661. The van der Waals surface area contributed by atoms with Crippen molar-refractivity contribution in [2.24, 2.45) is 0 Å². The van der Waals surface area contributed by atoms with Crippen molar-refractivity contribution in [2.75, 3.05) is 0 Å². The summed E-state index contributed by atoms with van der Waals surface area (Å²) in [5, 5.41) is 3.41. The molecule has 2 aromatic carbocycles. The molecule has 0 amide bonds.